The molecule has 1 aromatic heterocycles. The van der Waals surface area contributed by atoms with E-state index in [1.807, 2.05) is 47.4 Å². The molecule has 2 fully saturated rings. The Balaban J connectivity index is 1.24. The van der Waals surface area contributed by atoms with Crippen LogP contribution in [0.25, 0.3) is 0 Å². The molecule has 2 aliphatic rings. The van der Waals surface area contributed by atoms with Crippen LogP contribution < -0.4 is 5.32 Å². The number of rotatable bonds is 5. The van der Waals surface area contributed by atoms with Crippen molar-refractivity contribution in [1.82, 2.24) is 14.7 Å². The van der Waals surface area contributed by atoms with Gasteiger partial charge in [-0.3, -0.25) is 9.69 Å². The highest BCUT2D eigenvalue weighted by molar-refractivity contribution is 7.09. The molecule has 3 heterocycles. The summed E-state index contributed by atoms with van der Waals surface area (Å²) in [6, 6.07) is 12.0. The molecule has 1 N–H and O–H groups in total. The minimum atomic E-state index is -0.110. The summed E-state index contributed by atoms with van der Waals surface area (Å²) < 4.78 is 0. The lowest BCUT2D eigenvalue weighted by atomic mass is 9.96. The first-order valence-electron chi connectivity index (χ1n) is 11.2. The van der Waals surface area contributed by atoms with E-state index in [9.17, 15) is 9.59 Å². The van der Waals surface area contributed by atoms with Crippen LogP contribution in [-0.2, 0) is 11.2 Å². The number of likely N-dealkylation sites (tertiary alicyclic amines) is 1. The van der Waals surface area contributed by atoms with Gasteiger partial charge in [-0.2, -0.15) is 0 Å². The maximum absolute atomic E-state index is 13.1. The van der Waals surface area contributed by atoms with Crippen molar-refractivity contribution in [3.63, 3.8) is 0 Å². The van der Waals surface area contributed by atoms with Crippen LogP contribution >= 0.6 is 11.3 Å². The summed E-state index contributed by atoms with van der Waals surface area (Å²) in [4.78, 5) is 33.5. The second kappa shape index (κ2) is 10.3. The number of nitrogens with one attached hydrogen (secondary N) is 1. The van der Waals surface area contributed by atoms with E-state index < -0.39 is 0 Å². The largest absolute Gasteiger partial charge is 0.340 e. The molecule has 1 aromatic carbocycles. The van der Waals surface area contributed by atoms with E-state index in [1.54, 1.807) is 4.90 Å². The van der Waals surface area contributed by atoms with Crippen molar-refractivity contribution in [2.45, 2.75) is 26.2 Å². The second-order valence-electron chi connectivity index (χ2n) is 8.58. The van der Waals surface area contributed by atoms with Crippen molar-refractivity contribution in [2.24, 2.45) is 5.92 Å². The third-order valence-corrected chi connectivity index (χ3v) is 7.20. The Morgan fingerprint density at radius 2 is 1.90 bits per heavy atom. The highest BCUT2D eigenvalue weighted by Crippen LogP contribution is 2.21. The van der Waals surface area contributed by atoms with Gasteiger partial charge in [0.05, 0.1) is 5.92 Å². The zero-order valence-corrected chi connectivity index (χ0v) is 19.1. The molecule has 1 atom stereocenters. The number of carbonyl (C=O) groups excluding carboxylic acids is 2. The van der Waals surface area contributed by atoms with E-state index in [-0.39, 0.29) is 17.9 Å². The van der Waals surface area contributed by atoms with Crippen molar-refractivity contribution in [3.05, 3.63) is 52.2 Å². The normalized spacial score (nSPS) is 20.0. The Morgan fingerprint density at radius 3 is 2.65 bits per heavy atom. The monoisotopic (exact) mass is 440 g/mol. The summed E-state index contributed by atoms with van der Waals surface area (Å²) in [7, 11) is 0. The van der Waals surface area contributed by atoms with Crippen LogP contribution in [0.1, 0.15) is 23.3 Å². The molecule has 0 saturated carbocycles. The molecule has 4 rings (SSSR count). The van der Waals surface area contributed by atoms with Crippen molar-refractivity contribution in [1.29, 1.82) is 0 Å². The number of hydrogen-bond donors (Lipinski definition) is 1. The van der Waals surface area contributed by atoms with Gasteiger partial charge in [0.2, 0.25) is 5.91 Å². The molecule has 0 bridgehead atoms. The first-order valence-corrected chi connectivity index (χ1v) is 12.1. The fraction of sp³-hybridized carbons (Fsp3) is 0.500. The molecule has 2 aliphatic heterocycles. The number of thiophene rings is 1. The summed E-state index contributed by atoms with van der Waals surface area (Å²) in [5.41, 5.74) is 1.91. The molecule has 166 valence electrons. The van der Waals surface area contributed by atoms with Crippen LogP contribution in [0.5, 0.6) is 0 Å². The molecule has 3 amide bonds. The van der Waals surface area contributed by atoms with Gasteiger partial charge in [-0.1, -0.05) is 18.2 Å². The fourth-order valence-electron chi connectivity index (χ4n) is 4.46. The van der Waals surface area contributed by atoms with Crippen LogP contribution in [0.4, 0.5) is 10.5 Å². The van der Waals surface area contributed by atoms with Crippen molar-refractivity contribution < 1.29 is 9.59 Å². The number of carbonyl (C=O) groups is 2. The van der Waals surface area contributed by atoms with E-state index >= 15 is 0 Å². The summed E-state index contributed by atoms with van der Waals surface area (Å²) in [5, 5.41) is 5.10. The third kappa shape index (κ3) is 5.86. The predicted octanol–water partition coefficient (Wildman–Crippen LogP) is 3.69. The summed E-state index contributed by atoms with van der Waals surface area (Å²) in [6.45, 7) is 7.71. The number of amides is 3. The van der Waals surface area contributed by atoms with Gasteiger partial charge in [0.15, 0.2) is 0 Å². The van der Waals surface area contributed by atoms with Crippen molar-refractivity contribution in [3.8, 4) is 0 Å². The molecule has 1 unspecified atom stereocenters. The standard InChI is InChI=1S/C24H32N4O2S/c1-19-5-2-7-21(17-19)25-24(30)28-10-3-6-20(18-28)23(29)27-14-12-26(13-15-27)11-9-22-8-4-16-31-22/h2,4-5,7-8,16-17,20H,3,6,9-15,18H2,1H3,(H,25,30). The van der Waals surface area contributed by atoms with E-state index in [0.29, 0.717) is 13.1 Å². The Labute approximate surface area is 188 Å². The Hall–Kier alpha value is -2.38. The van der Waals surface area contributed by atoms with Gasteiger partial charge in [0.1, 0.15) is 0 Å². The van der Waals surface area contributed by atoms with Gasteiger partial charge < -0.3 is 15.1 Å². The molecule has 0 radical (unpaired) electrons. The quantitative estimate of drug-likeness (QED) is 0.772. The van der Waals surface area contributed by atoms with Gasteiger partial charge in [-0.15, -0.1) is 11.3 Å². The first kappa shape index (κ1) is 21.8. The third-order valence-electron chi connectivity index (χ3n) is 6.27. The minimum absolute atomic E-state index is 0.0883. The lowest BCUT2D eigenvalue weighted by molar-refractivity contribution is -0.138. The van der Waals surface area contributed by atoms with E-state index in [2.05, 4.69) is 27.7 Å². The van der Waals surface area contributed by atoms with Gasteiger partial charge in [-0.05, 0) is 55.3 Å². The maximum Gasteiger partial charge on any atom is 0.321 e. The number of piperidine rings is 1. The smallest absolute Gasteiger partial charge is 0.321 e. The number of nitrogens with zero attached hydrogens (tertiary/aromatic N) is 3. The van der Waals surface area contributed by atoms with Crippen molar-refractivity contribution >= 4 is 29.0 Å². The minimum Gasteiger partial charge on any atom is -0.340 e. The summed E-state index contributed by atoms with van der Waals surface area (Å²) >= 11 is 1.81. The number of benzene rings is 1. The number of aryl methyl sites for hydroxylation is 1. The molecule has 0 aliphatic carbocycles. The molecule has 2 aromatic rings. The first-order chi connectivity index (χ1) is 15.1. The molecule has 2 saturated heterocycles. The van der Waals surface area contributed by atoms with E-state index in [1.165, 1.54) is 4.88 Å². The van der Waals surface area contributed by atoms with Crippen LogP contribution in [0.15, 0.2) is 41.8 Å². The molecule has 7 heteroatoms. The highest BCUT2D eigenvalue weighted by Gasteiger charge is 2.32. The summed E-state index contributed by atoms with van der Waals surface area (Å²) in [6.07, 6.45) is 2.82. The molecular formula is C24H32N4O2S. The van der Waals surface area contributed by atoms with E-state index in [0.717, 1.165) is 63.2 Å². The molecule has 31 heavy (non-hydrogen) atoms. The Morgan fingerprint density at radius 1 is 1.06 bits per heavy atom. The van der Waals surface area contributed by atoms with Crippen LogP contribution in [0.2, 0.25) is 0 Å². The predicted molar refractivity (Wildman–Crippen MR) is 126 cm³/mol. The fourth-order valence-corrected chi connectivity index (χ4v) is 5.16. The zero-order valence-electron chi connectivity index (χ0n) is 18.3. The topological polar surface area (TPSA) is 55.9 Å². The Kier molecular flexibility index (Phi) is 7.25. The van der Waals surface area contributed by atoms with Crippen molar-refractivity contribution in [2.75, 3.05) is 51.1 Å². The van der Waals surface area contributed by atoms with E-state index in [4.69, 9.17) is 0 Å². The summed E-state index contributed by atoms with van der Waals surface area (Å²) in [5.74, 6) is 0.126. The highest BCUT2D eigenvalue weighted by atomic mass is 32.1. The lowest BCUT2D eigenvalue weighted by Crippen LogP contribution is -2.53. The Bertz CT molecular complexity index is 877. The number of anilines is 1. The number of hydrogen-bond acceptors (Lipinski definition) is 4. The number of urea groups is 1. The zero-order chi connectivity index (χ0) is 21.6. The van der Waals surface area contributed by atoms with Crippen LogP contribution in [0, 0.1) is 12.8 Å². The molecule has 0 spiro atoms. The molecular weight excluding hydrogens is 408 g/mol. The van der Waals surface area contributed by atoms with Crippen LogP contribution in [0.3, 0.4) is 0 Å². The van der Waals surface area contributed by atoms with Gasteiger partial charge in [0.25, 0.3) is 0 Å². The molecule has 6 nitrogen and oxygen atoms in total. The van der Waals surface area contributed by atoms with Gasteiger partial charge in [-0.25, -0.2) is 4.79 Å². The van der Waals surface area contributed by atoms with Gasteiger partial charge >= 0.3 is 6.03 Å². The van der Waals surface area contributed by atoms with Crippen LogP contribution in [-0.4, -0.2) is 72.5 Å². The average Bonchev–Trinajstić information content (AvgIpc) is 3.31. The number of piperazine rings is 1. The van der Waals surface area contributed by atoms with Gasteiger partial charge in [0, 0.05) is 56.4 Å². The lowest BCUT2D eigenvalue weighted by Gasteiger charge is -2.39. The SMILES string of the molecule is Cc1cccc(NC(=O)N2CCCC(C(=O)N3CCN(CCc4cccs4)CC3)C2)c1. The average molecular weight is 441 g/mol. The second-order valence-corrected chi connectivity index (χ2v) is 9.61. The maximum atomic E-state index is 13.1.